The molecule has 2 aromatic rings. The average Bonchev–Trinajstić information content (AvgIpc) is 2.73. The van der Waals surface area contributed by atoms with Crippen molar-refractivity contribution in [3.63, 3.8) is 0 Å². The zero-order valence-electron chi connectivity index (χ0n) is 11.1. The highest BCUT2D eigenvalue weighted by molar-refractivity contribution is 6.31. The summed E-state index contributed by atoms with van der Waals surface area (Å²) in [6.07, 6.45) is 0.298. The monoisotopic (exact) mass is 295 g/mol. The Balaban J connectivity index is 2.35. The molecule has 1 aromatic heterocycles. The van der Waals surface area contributed by atoms with Crippen molar-refractivity contribution in [1.82, 2.24) is 5.32 Å². The first kappa shape index (κ1) is 14.4. The Hall–Kier alpha value is -2.01. The number of carbonyl (C=O) groups excluding carboxylic acids is 1. The largest absolute Gasteiger partial charge is 0.480 e. The quantitative estimate of drug-likeness (QED) is 0.909. The van der Waals surface area contributed by atoms with Crippen LogP contribution in [0.25, 0.3) is 11.0 Å². The number of aliphatic carboxylic acids is 1. The SMILES string of the molecule is CC[C@@H](NC(=O)c1oc2ccc(Cl)cc2c1C)C(=O)O. The van der Waals surface area contributed by atoms with Crippen LogP contribution in [-0.2, 0) is 4.79 Å². The lowest BCUT2D eigenvalue weighted by Gasteiger charge is -2.10. The lowest BCUT2D eigenvalue weighted by molar-refractivity contribution is -0.139. The molecule has 0 saturated heterocycles. The number of hydrogen-bond acceptors (Lipinski definition) is 3. The number of halogens is 1. The minimum atomic E-state index is -1.07. The summed E-state index contributed by atoms with van der Waals surface area (Å²) in [5.41, 5.74) is 1.18. The normalized spacial score (nSPS) is 12.3. The molecule has 0 aliphatic rings. The summed E-state index contributed by atoms with van der Waals surface area (Å²) in [5, 5.41) is 12.7. The number of benzene rings is 1. The summed E-state index contributed by atoms with van der Waals surface area (Å²) in [6, 6.07) is 4.12. The molecular formula is C14H14ClNO4. The van der Waals surface area contributed by atoms with Crippen LogP contribution in [0.4, 0.5) is 0 Å². The number of amides is 1. The minimum Gasteiger partial charge on any atom is -0.480 e. The van der Waals surface area contributed by atoms with E-state index >= 15 is 0 Å². The molecule has 0 saturated carbocycles. The summed E-state index contributed by atoms with van der Waals surface area (Å²) >= 11 is 5.91. The van der Waals surface area contributed by atoms with Crippen molar-refractivity contribution in [2.24, 2.45) is 0 Å². The van der Waals surface area contributed by atoms with Gasteiger partial charge in [-0.3, -0.25) is 4.79 Å². The Bertz CT molecular complexity index is 677. The van der Waals surface area contributed by atoms with Crippen LogP contribution in [0.15, 0.2) is 22.6 Å². The Morgan fingerprint density at radius 3 is 2.75 bits per heavy atom. The fourth-order valence-corrected chi connectivity index (χ4v) is 2.14. The number of furan rings is 1. The first-order chi connectivity index (χ1) is 9.43. The molecule has 1 aromatic carbocycles. The molecule has 1 atom stereocenters. The molecule has 5 nitrogen and oxygen atoms in total. The number of carboxylic acid groups (broad SMARTS) is 1. The zero-order chi connectivity index (χ0) is 14.9. The van der Waals surface area contributed by atoms with Gasteiger partial charge in [0.05, 0.1) is 0 Å². The van der Waals surface area contributed by atoms with Crippen LogP contribution in [0.5, 0.6) is 0 Å². The third-order valence-corrected chi connectivity index (χ3v) is 3.35. The van der Waals surface area contributed by atoms with E-state index in [1.165, 1.54) is 0 Å². The van der Waals surface area contributed by atoms with Crippen molar-refractivity contribution in [1.29, 1.82) is 0 Å². The summed E-state index contributed by atoms with van der Waals surface area (Å²) < 4.78 is 5.48. The Labute approximate surface area is 120 Å². The third-order valence-electron chi connectivity index (χ3n) is 3.12. The Morgan fingerprint density at radius 2 is 2.15 bits per heavy atom. The van der Waals surface area contributed by atoms with Crippen molar-refractivity contribution in [3.05, 3.63) is 34.5 Å². The summed E-state index contributed by atoms with van der Waals surface area (Å²) in [7, 11) is 0. The molecule has 0 fully saturated rings. The van der Waals surface area contributed by atoms with Gasteiger partial charge in [0.1, 0.15) is 11.6 Å². The first-order valence-electron chi connectivity index (χ1n) is 6.16. The van der Waals surface area contributed by atoms with Crippen molar-refractivity contribution in [3.8, 4) is 0 Å². The molecule has 0 radical (unpaired) electrons. The van der Waals surface area contributed by atoms with E-state index in [4.69, 9.17) is 21.1 Å². The van der Waals surface area contributed by atoms with Crippen molar-refractivity contribution in [2.45, 2.75) is 26.3 Å². The van der Waals surface area contributed by atoms with E-state index in [1.54, 1.807) is 32.0 Å². The predicted octanol–water partition coefficient (Wildman–Crippen LogP) is 2.99. The van der Waals surface area contributed by atoms with Crippen LogP contribution in [-0.4, -0.2) is 23.0 Å². The van der Waals surface area contributed by atoms with Gasteiger partial charge in [-0.2, -0.15) is 0 Å². The molecule has 2 rings (SSSR count). The summed E-state index contributed by atoms with van der Waals surface area (Å²) in [4.78, 5) is 23.0. The second-order valence-electron chi connectivity index (χ2n) is 4.47. The molecule has 0 bridgehead atoms. The highest BCUT2D eigenvalue weighted by atomic mass is 35.5. The van der Waals surface area contributed by atoms with Crippen molar-refractivity contribution < 1.29 is 19.1 Å². The van der Waals surface area contributed by atoms with Crippen LogP contribution in [0, 0.1) is 6.92 Å². The molecule has 0 aliphatic carbocycles. The van der Waals surface area contributed by atoms with Gasteiger partial charge in [-0.1, -0.05) is 18.5 Å². The van der Waals surface area contributed by atoms with E-state index in [-0.39, 0.29) is 5.76 Å². The summed E-state index contributed by atoms with van der Waals surface area (Å²) in [5.74, 6) is -1.50. The standard InChI is InChI=1S/C14H14ClNO4/c1-3-10(14(18)19)16-13(17)12-7(2)9-6-8(15)4-5-11(9)20-12/h4-6,10H,3H2,1-2H3,(H,16,17)(H,18,19)/t10-/m1/s1. The van der Waals surface area contributed by atoms with Crippen molar-refractivity contribution in [2.75, 3.05) is 0 Å². The summed E-state index contributed by atoms with van der Waals surface area (Å²) in [6.45, 7) is 3.42. The lowest BCUT2D eigenvalue weighted by Crippen LogP contribution is -2.40. The molecule has 0 unspecified atom stereocenters. The van der Waals surface area contributed by atoms with Crippen LogP contribution in [0.1, 0.15) is 29.5 Å². The Morgan fingerprint density at radius 1 is 1.45 bits per heavy atom. The molecular weight excluding hydrogens is 282 g/mol. The fourth-order valence-electron chi connectivity index (χ4n) is 1.97. The van der Waals surface area contributed by atoms with E-state index in [2.05, 4.69) is 5.32 Å². The van der Waals surface area contributed by atoms with Gasteiger partial charge >= 0.3 is 5.97 Å². The van der Waals surface area contributed by atoms with E-state index in [0.29, 0.717) is 22.6 Å². The Kier molecular flexibility index (Phi) is 3.99. The van der Waals surface area contributed by atoms with Gasteiger partial charge in [0.25, 0.3) is 5.91 Å². The predicted molar refractivity (Wildman–Crippen MR) is 75.1 cm³/mol. The lowest BCUT2D eigenvalue weighted by atomic mass is 10.1. The zero-order valence-corrected chi connectivity index (χ0v) is 11.8. The van der Waals surface area contributed by atoms with Crippen LogP contribution < -0.4 is 5.32 Å². The number of carboxylic acids is 1. The van der Waals surface area contributed by atoms with E-state index in [0.717, 1.165) is 5.39 Å². The van der Waals surface area contributed by atoms with E-state index in [9.17, 15) is 9.59 Å². The van der Waals surface area contributed by atoms with Gasteiger partial charge in [0.2, 0.25) is 0 Å². The highest BCUT2D eigenvalue weighted by Gasteiger charge is 2.23. The number of hydrogen-bond donors (Lipinski definition) is 2. The van der Waals surface area contributed by atoms with Crippen molar-refractivity contribution >= 4 is 34.4 Å². The molecule has 0 spiro atoms. The smallest absolute Gasteiger partial charge is 0.326 e. The van der Waals surface area contributed by atoms with Crippen LogP contribution in [0.3, 0.4) is 0 Å². The molecule has 6 heteroatoms. The number of nitrogens with one attached hydrogen (secondary N) is 1. The number of rotatable bonds is 4. The molecule has 1 heterocycles. The van der Waals surface area contributed by atoms with E-state index in [1.807, 2.05) is 0 Å². The second-order valence-corrected chi connectivity index (χ2v) is 4.91. The third kappa shape index (κ3) is 2.63. The maximum absolute atomic E-state index is 12.1. The van der Waals surface area contributed by atoms with Gasteiger partial charge in [-0.15, -0.1) is 0 Å². The average molecular weight is 296 g/mol. The van der Waals surface area contributed by atoms with Gasteiger partial charge in [-0.25, -0.2) is 4.79 Å². The van der Waals surface area contributed by atoms with Gasteiger partial charge in [0.15, 0.2) is 5.76 Å². The van der Waals surface area contributed by atoms with E-state index < -0.39 is 17.9 Å². The molecule has 106 valence electrons. The number of carbonyl (C=O) groups is 2. The first-order valence-corrected chi connectivity index (χ1v) is 6.54. The van der Waals surface area contributed by atoms with Gasteiger partial charge in [-0.05, 0) is 31.5 Å². The van der Waals surface area contributed by atoms with Gasteiger partial charge in [0, 0.05) is 16.0 Å². The maximum Gasteiger partial charge on any atom is 0.326 e. The van der Waals surface area contributed by atoms with Crippen LogP contribution in [0.2, 0.25) is 5.02 Å². The maximum atomic E-state index is 12.1. The molecule has 0 aliphatic heterocycles. The molecule has 20 heavy (non-hydrogen) atoms. The van der Waals surface area contributed by atoms with Crippen LogP contribution >= 0.6 is 11.6 Å². The number of fused-ring (bicyclic) bond motifs is 1. The molecule has 1 amide bonds. The fraction of sp³-hybridized carbons (Fsp3) is 0.286. The molecule has 2 N–H and O–H groups in total. The number of aryl methyl sites for hydroxylation is 1. The topological polar surface area (TPSA) is 79.5 Å². The van der Waals surface area contributed by atoms with Gasteiger partial charge < -0.3 is 14.8 Å². The highest BCUT2D eigenvalue weighted by Crippen LogP contribution is 2.27. The minimum absolute atomic E-state index is 0.113. The second kappa shape index (κ2) is 5.54.